The van der Waals surface area contributed by atoms with Gasteiger partial charge in [-0.15, -0.1) is 0 Å². The maximum atomic E-state index is 12.7. The SMILES string of the molecule is CC(C)NS(=O)(=O)c1c[nH]c(C(=O)N2CC[C@@H]3CNC[C@@H]3CC2)c1. The normalized spacial score (nSPS) is 24.9. The van der Waals surface area contributed by atoms with Gasteiger partial charge in [0.15, 0.2) is 0 Å². The van der Waals surface area contributed by atoms with Gasteiger partial charge >= 0.3 is 0 Å². The summed E-state index contributed by atoms with van der Waals surface area (Å²) in [6, 6.07) is 1.24. The number of hydrogen-bond acceptors (Lipinski definition) is 4. The molecule has 24 heavy (non-hydrogen) atoms. The van der Waals surface area contributed by atoms with Crippen LogP contribution in [0.15, 0.2) is 17.2 Å². The van der Waals surface area contributed by atoms with Crippen molar-refractivity contribution in [3.05, 3.63) is 18.0 Å². The molecular formula is C16H26N4O3S. The van der Waals surface area contributed by atoms with Crippen LogP contribution in [0.2, 0.25) is 0 Å². The molecule has 0 radical (unpaired) electrons. The van der Waals surface area contributed by atoms with E-state index in [0.29, 0.717) is 17.5 Å². The predicted octanol–water partition coefficient (Wildman–Crippen LogP) is 0.773. The van der Waals surface area contributed by atoms with Crippen molar-refractivity contribution in [2.45, 2.75) is 37.6 Å². The number of amides is 1. The summed E-state index contributed by atoms with van der Waals surface area (Å²) < 4.78 is 26.9. The number of carbonyl (C=O) groups excluding carboxylic acids is 1. The Kier molecular flexibility index (Phi) is 4.98. The second-order valence-electron chi connectivity index (χ2n) is 7.07. The Morgan fingerprint density at radius 1 is 1.25 bits per heavy atom. The molecule has 0 bridgehead atoms. The first-order valence-corrected chi connectivity index (χ1v) is 10.1. The van der Waals surface area contributed by atoms with Gasteiger partial charge in [0.05, 0.1) is 0 Å². The summed E-state index contributed by atoms with van der Waals surface area (Å²) in [4.78, 5) is 17.5. The summed E-state index contributed by atoms with van der Waals surface area (Å²) >= 11 is 0. The smallest absolute Gasteiger partial charge is 0.270 e. The van der Waals surface area contributed by atoms with Crippen LogP contribution in [0.25, 0.3) is 0 Å². The Hall–Kier alpha value is -1.38. The van der Waals surface area contributed by atoms with E-state index < -0.39 is 10.0 Å². The third-order valence-corrected chi connectivity index (χ3v) is 6.53. The molecule has 3 heterocycles. The van der Waals surface area contributed by atoms with E-state index in [1.807, 2.05) is 4.90 Å². The van der Waals surface area contributed by atoms with Crippen molar-refractivity contribution in [2.24, 2.45) is 11.8 Å². The summed E-state index contributed by atoms with van der Waals surface area (Å²) in [7, 11) is -3.58. The Bertz CT molecular complexity index is 684. The fraction of sp³-hybridized carbons (Fsp3) is 0.688. The number of aromatic nitrogens is 1. The van der Waals surface area contributed by atoms with E-state index >= 15 is 0 Å². The van der Waals surface area contributed by atoms with Crippen molar-refractivity contribution >= 4 is 15.9 Å². The first-order chi connectivity index (χ1) is 11.4. The number of aromatic amines is 1. The highest BCUT2D eigenvalue weighted by Gasteiger charge is 2.32. The van der Waals surface area contributed by atoms with Crippen LogP contribution in [0, 0.1) is 11.8 Å². The minimum atomic E-state index is -3.58. The van der Waals surface area contributed by atoms with Crippen molar-refractivity contribution in [3.63, 3.8) is 0 Å². The van der Waals surface area contributed by atoms with E-state index in [9.17, 15) is 13.2 Å². The van der Waals surface area contributed by atoms with Gasteiger partial charge in [0, 0.05) is 25.3 Å². The molecule has 2 atom stereocenters. The van der Waals surface area contributed by atoms with Gasteiger partial charge in [0.2, 0.25) is 10.0 Å². The minimum absolute atomic E-state index is 0.107. The topological polar surface area (TPSA) is 94.3 Å². The van der Waals surface area contributed by atoms with Crippen LogP contribution in [0.1, 0.15) is 37.2 Å². The first-order valence-electron chi connectivity index (χ1n) is 8.57. The number of fused-ring (bicyclic) bond motifs is 1. The lowest BCUT2D eigenvalue weighted by atomic mass is 9.92. The standard InChI is InChI=1S/C16H26N4O3S/c1-11(2)19-24(22,23)14-7-15(18-10-14)16(21)20-5-3-12-8-17-9-13(12)4-6-20/h7,10-13,17-19H,3-6,8-9H2,1-2H3/t12-,13+. The lowest BCUT2D eigenvalue weighted by Crippen LogP contribution is -2.33. The highest BCUT2D eigenvalue weighted by Crippen LogP contribution is 2.27. The summed E-state index contributed by atoms with van der Waals surface area (Å²) in [5, 5.41) is 3.42. The molecule has 3 rings (SSSR count). The van der Waals surface area contributed by atoms with E-state index in [1.165, 1.54) is 12.3 Å². The van der Waals surface area contributed by atoms with Crippen molar-refractivity contribution in [3.8, 4) is 0 Å². The maximum absolute atomic E-state index is 12.7. The lowest BCUT2D eigenvalue weighted by molar-refractivity contribution is 0.0753. The van der Waals surface area contributed by atoms with Gasteiger partial charge in [-0.2, -0.15) is 0 Å². The summed E-state index contributed by atoms with van der Waals surface area (Å²) in [6.45, 7) is 7.06. The van der Waals surface area contributed by atoms with E-state index in [4.69, 9.17) is 0 Å². The molecule has 3 N–H and O–H groups in total. The Morgan fingerprint density at radius 3 is 2.46 bits per heavy atom. The summed E-state index contributed by atoms with van der Waals surface area (Å²) in [6.07, 6.45) is 3.39. The number of nitrogens with zero attached hydrogens (tertiary/aromatic N) is 1. The zero-order valence-corrected chi connectivity index (χ0v) is 15.0. The second-order valence-corrected chi connectivity index (χ2v) is 8.79. The van der Waals surface area contributed by atoms with Gasteiger partial charge in [-0.25, -0.2) is 13.1 Å². The van der Waals surface area contributed by atoms with Crippen LogP contribution in [0.5, 0.6) is 0 Å². The number of nitrogens with one attached hydrogen (secondary N) is 3. The molecule has 2 aliphatic heterocycles. The van der Waals surface area contributed by atoms with Crippen LogP contribution >= 0.6 is 0 Å². The van der Waals surface area contributed by atoms with Crippen molar-refractivity contribution in [1.29, 1.82) is 0 Å². The Morgan fingerprint density at radius 2 is 1.88 bits per heavy atom. The van der Waals surface area contributed by atoms with Crippen molar-refractivity contribution in [2.75, 3.05) is 26.2 Å². The molecule has 7 nitrogen and oxygen atoms in total. The van der Waals surface area contributed by atoms with Gasteiger partial charge in [-0.05, 0) is 57.7 Å². The zero-order chi connectivity index (χ0) is 17.3. The first kappa shape index (κ1) is 17.4. The third-order valence-electron chi connectivity index (χ3n) is 4.89. The molecular weight excluding hydrogens is 328 g/mol. The van der Waals surface area contributed by atoms with E-state index in [1.54, 1.807) is 13.8 Å². The molecule has 134 valence electrons. The van der Waals surface area contributed by atoms with E-state index in [-0.39, 0.29) is 16.8 Å². The van der Waals surface area contributed by atoms with Gasteiger partial charge in [-0.1, -0.05) is 0 Å². The zero-order valence-electron chi connectivity index (χ0n) is 14.2. The molecule has 8 heteroatoms. The van der Waals surface area contributed by atoms with Gasteiger partial charge in [0.25, 0.3) is 5.91 Å². The average molecular weight is 354 g/mol. The molecule has 1 aromatic rings. The highest BCUT2D eigenvalue weighted by molar-refractivity contribution is 7.89. The van der Waals surface area contributed by atoms with Crippen LogP contribution in [-0.4, -0.2) is 56.4 Å². The highest BCUT2D eigenvalue weighted by atomic mass is 32.2. The lowest BCUT2D eigenvalue weighted by Gasteiger charge is -2.20. The molecule has 0 spiro atoms. The minimum Gasteiger partial charge on any atom is -0.356 e. The average Bonchev–Trinajstić information content (AvgIpc) is 3.12. The molecule has 0 aromatic carbocycles. The molecule has 0 saturated carbocycles. The molecule has 1 aromatic heterocycles. The Balaban J connectivity index is 1.70. The summed E-state index contributed by atoms with van der Waals surface area (Å²) in [5.74, 6) is 1.18. The molecule has 2 saturated heterocycles. The molecule has 2 aliphatic rings. The maximum Gasteiger partial charge on any atom is 0.270 e. The Labute approximate surface area is 143 Å². The van der Waals surface area contributed by atoms with Crippen molar-refractivity contribution < 1.29 is 13.2 Å². The van der Waals surface area contributed by atoms with Gasteiger partial charge < -0.3 is 15.2 Å². The number of sulfonamides is 1. The molecule has 2 fully saturated rings. The summed E-state index contributed by atoms with van der Waals surface area (Å²) in [5.41, 5.74) is 0.337. The quantitative estimate of drug-likeness (QED) is 0.744. The van der Waals surface area contributed by atoms with Crippen LogP contribution < -0.4 is 10.0 Å². The predicted molar refractivity (Wildman–Crippen MR) is 91.2 cm³/mol. The van der Waals surface area contributed by atoms with Gasteiger partial charge in [-0.3, -0.25) is 4.79 Å². The number of hydrogen-bond donors (Lipinski definition) is 3. The van der Waals surface area contributed by atoms with E-state index in [0.717, 1.165) is 39.0 Å². The van der Waals surface area contributed by atoms with Crippen LogP contribution in [-0.2, 0) is 10.0 Å². The fourth-order valence-electron chi connectivity index (χ4n) is 3.62. The van der Waals surface area contributed by atoms with Gasteiger partial charge in [0.1, 0.15) is 10.6 Å². The molecule has 0 aliphatic carbocycles. The third kappa shape index (κ3) is 3.65. The molecule has 1 amide bonds. The monoisotopic (exact) mass is 354 g/mol. The second kappa shape index (κ2) is 6.85. The fourth-order valence-corrected chi connectivity index (χ4v) is 4.87. The number of carbonyl (C=O) groups is 1. The van der Waals surface area contributed by atoms with Crippen LogP contribution in [0.4, 0.5) is 0 Å². The van der Waals surface area contributed by atoms with E-state index in [2.05, 4.69) is 15.0 Å². The number of likely N-dealkylation sites (tertiary alicyclic amines) is 1. The molecule has 0 unspecified atom stereocenters. The van der Waals surface area contributed by atoms with Crippen LogP contribution in [0.3, 0.4) is 0 Å². The largest absolute Gasteiger partial charge is 0.356 e. The van der Waals surface area contributed by atoms with Crippen molar-refractivity contribution in [1.82, 2.24) is 19.9 Å². The number of rotatable bonds is 4. The number of H-pyrrole nitrogens is 1.